The Balaban J connectivity index is 1.89. The number of aliphatic hydroxyl groups is 1. The van der Waals surface area contributed by atoms with Gasteiger partial charge in [-0.3, -0.25) is 4.90 Å². The predicted molar refractivity (Wildman–Crippen MR) is 78.4 cm³/mol. The molecular formula is C16H31NO2. The topological polar surface area (TPSA) is 32.7 Å². The van der Waals surface area contributed by atoms with Crippen molar-refractivity contribution in [3.8, 4) is 0 Å². The Morgan fingerprint density at radius 3 is 2.42 bits per heavy atom. The highest BCUT2D eigenvalue weighted by atomic mass is 16.5. The van der Waals surface area contributed by atoms with E-state index in [9.17, 15) is 5.11 Å². The van der Waals surface area contributed by atoms with Crippen LogP contribution in [0.2, 0.25) is 0 Å². The number of unbranched alkanes of at least 4 members (excludes halogenated alkanes) is 3. The molecule has 0 spiro atoms. The van der Waals surface area contributed by atoms with E-state index in [1.165, 1.54) is 51.4 Å². The second-order valence-corrected chi connectivity index (χ2v) is 6.28. The van der Waals surface area contributed by atoms with Crippen LogP contribution in [-0.2, 0) is 4.74 Å². The van der Waals surface area contributed by atoms with Gasteiger partial charge in [0.15, 0.2) is 0 Å². The molecule has 1 atom stereocenters. The van der Waals surface area contributed by atoms with Crippen molar-refractivity contribution < 1.29 is 9.84 Å². The molecular weight excluding hydrogens is 238 g/mol. The van der Waals surface area contributed by atoms with Gasteiger partial charge >= 0.3 is 0 Å². The van der Waals surface area contributed by atoms with Gasteiger partial charge in [0.05, 0.1) is 19.3 Å². The quantitative estimate of drug-likeness (QED) is 0.721. The summed E-state index contributed by atoms with van der Waals surface area (Å²) in [5, 5.41) is 10.8. The van der Waals surface area contributed by atoms with Gasteiger partial charge in [-0.1, -0.05) is 45.4 Å². The molecule has 2 aliphatic rings. The SMILES string of the molecule is CCCCCCC(O)C1(N2CCOCC2)CCCC1. The molecule has 112 valence electrons. The summed E-state index contributed by atoms with van der Waals surface area (Å²) in [6.45, 7) is 5.93. The van der Waals surface area contributed by atoms with Crippen molar-refractivity contribution in [2.75, 3.05) is 26.3 Å². The summed E-state index contributed by atoms with van der Waals surface area (Å²) in [4.78, 5) is 2.54. The first-order chi connectivity index (χ1) is 9.29. The average molecular weight is 269 g/mol. The van der Waals surface area contributed by atoms with E-state index in [0.717, 1.165) is 32.7 Å². The molecule has 2 fully saturated rings. The largest absolute Gasteiger partial charge is 0.391 e. The fourth-order valence-electron chi connectivity index (χ4n) is 3.89. The van der Waals surface area contributed by atoms with Crippen molar-refractivity contribution >= 4 is 0 Å². The van der Waals surface area contributed by atoms with E-state index >= 15 is 0 Å². The highest BCUT2D eigenvalue weighted by Gasteiger charge is 2.45. The third-order valence-corrected chi connectivity index (χ3v) is 5.06. The molecule has 0 aromatic rings. The number of hydrogen-bond donors (Lipinski definition) is 1. The molecule has 19 heavy (non-hydrogen) atoms. The number of ether oxygens (including phenoxy) is 1. The van der Waals surface area contributed by atoms with E-state index in [1.807, 2.05) is 0 Å². The maximum absolute atomic E-state index is 10.8. The van der Waals surface area contributed by atoms with Gasteiger partial charge in [-0.05, 0) is 19.3 Å². The molecule has 1 unspecified atom stereocenters. The van der Waals surface area contributed by atoms with Crippen molar-refractivity contribution in [3.05, 3.63) is 0 Å². The minimum absolute atomic E-state index is 0.0794. The number of hydrogen-bond acceptors (Lipinski definition) is 3. The molecule has 1 saturated carbocycles. The second kappa shape index (κ2) is 7.61. The molecule has 1 heterocycles. The summed E-state index contributed by atoms with van der Waals surface area (Å²) in [6, 6.07) is 0. The Morgan fingerprint density at radius 2 is 1.79 bits per heavy atom. The summed E-state index contributed by atoms with van der Waals surface area (Å²) in [5.74, 6) is 0. The van der Waals surface area contributed by atoms with Gasteiger partial charge in [0, 0.05) is 18.6 Å². The first-order valence-electron chi connectivity index (χ1n) is 8.30. The lowest BCUT2D eigenvalue weighted by atomic mass is 9.85. The lowest BCUT2D eigenvalue weighted by molar-refractivity contribution is -0.0784. The lowest BCUT2D eigenvalue weighted by Gasteiger charge is -2.46. The smallest absolute Gasteiger partial charge is 0.0723 e. The van der Waals surface area contributed by atoms with Crippen LogP contribution in [0.4, 0.5) is 0 Å². The molecule has 3 heteroatoms. The zero-order valence-corrected chi connectivity index (χ0v) is 12.6. The number of rotatable bonds is 7. The van der Waals surface area contributed by atoms with E-state index in [4.69, 9.17) is 4.74 Å². The van der Waals surface area contributed by atoms with Crippen LogP contribution < -0.4 is 0 Å². The fourth-order valence-corrected chi connectivity index (χ4v) is 3.89. The third kappa shape index (κ3) is 3.71. The van der Waals surface area contributed by atoms with Crippen LogP contribution in [0.3, 0.4) is 0 Å². The second-order valence-electron chi connectivity index (χ2n) is 6.28. The molecule has 1 aliphatic heterocycles. The van der Waals surface area contributed by atoms with E-state index in [2.05, 4.69) is 11.8 Å². The summed E-state index contributed by atoms with van der Waals surface area (Å²) in [7, 11) is 0. The van der Waals surface area contributed by atoms with Crippen molar-refractivity contribution in [1.82, 2.24) is 4.90 Å². The van der Waals surface area contributed by atoms with Gasteiger partial charge in [-0.2, -0.15) is 0 Å². The number of aliphatic hydroxyl groups excluding tert-OH is 1. The van der Waals surface area contributed by atoms with Crippen LogP contribution in [0.25, 0.3) is 0 Å². The fraction of sp³-hybridized carbons (Fsp3) is 1.00. The summed E-state index contributed by atoms with van der Waals surface area (Å²) in [5.41, 5.74) is 0.0794. The molecule has 3 nitrogen and oxygen atoms in total. The minimum atomic E-state index is -0.134. The average Bonchev–Trinajstić information content (AvgIpc) is 2.95. The molecule has 2 rings (SSSR count). The lowest BCUT2D eigenvalue weighted by Crippen LogP contribution is -2.58. The van der Waals surface area contributed by atoms with Gasteiger partial charge < -0.3 is 9.84 Å². The number of morpholine rings is 1. The Kier molecular flexibility index (Phi) is 6.11. The maximum Gasteiger partial charge on any atom is 0.0723 e. The van der Waals surface area contributed by atoms with E-state index in [1.54, 1.807) is 0 Å². The van der Waals surface area contributed by atoms with Gasteiger partial charge in [0.2, 0.25) is 0 Å². The number of nitrogens with zero attached hydrogens (tertiary/aromatic N) is 1. The Bertz CT molecular complexity index is 245. The maximum atomic E-state index is 10.8. The normalized spacial score (nSPS) is 25.6. The van der Waals surface area contributed by atoms with Gasteiger partial charge in [0.1, 0.15) is 0 Å². The molecule has 1 N–H and O–H groups in total. The third-order valence-electron chi connectivity index (χ3n) is 5.06. The first-order valence-corrected chi connectivity index (χ1v) is 8.30. The molecule has 0 amide bonds. The summed E-state index contributed by atoms with van der Waals surface area (Å²) >= 11 is 0. The highest BCUT2D eigenvalue weighted by Crippen LogP contribution is 2.40. The zero-order chi connectivity index (χ0) is 13.6. The van der Waals surface area contributed by atoms with Crippen molar-refractivity contribution in [1.29, 1.82) is 0 Å². The van der Waals surface area contributed by atoms with E-state index in [0.29, 0.717) is 0 Å². The van der Waals surface area contributed by atoms with E-state index < -0.39 is 0 Å². The van der Waals surface area contributed by atoms with Crippen LogP contribution in [0.1, 0.15) is 64.7 Å². The highest BCUT2D eigenvalue weighted by molar-refractivity contribution is 5.00. The van der Waals surface area contributed by atoms with Crippen LogP contribution in [0.5, 0.6) is 0 Å². The van der Waals surface area contributed by atoms with Crippen LogP contribution in [0, 0.1) is 0 Å². The Morgan fingerprint density at radius 1 is 1.11 bits per heavy atom. The van der Waals surface area contributed by atoms with Crippen molar-refractivity contribution in [3.63, 3.8) is 0 Å². The van der Waals surface area contributed by atoms with Crippen LogP contribution >= 0.6 is 0 Å². The summed E-state index contributed by atoms with van der Waals surface area (Å²) < 4.78 is 5.47. The van der Waals surface area contributed by atoms with Gasteiger partial charge in [-0.15, -0.1) is 0 Å². The van der Waals surface area contributed by atoms with Crippen molar-refractivity contribution in [2.45, 2.75) is 76.4 Å². The molecule has 1 aliphatic carbocycles. The zero-order valence-electron chi connectivity index (χ0n) is 12.6. The molecule has 0 bridgehead atoms. The molecule has 0 aromatic heterocycles. The Hall–Kier alpha value is -0.120. The van der Waals surface area contributed by atoms with Crippen molar-refractivity contribution in [2.24, 2.45) is 0 Å². The predicted octanol–water partition coefficient (Wildman–Crippen LogP) is 2.96. The van der Waals surface area contributed by atoms with Crippen LogP contribution in [0.15, 0.2) is 0 Å². The standard InChI is InChI=1S/C16H31NO2/c1-2-3-4-5-8-15(18)16(9-6-7-10-16)17-11-13-19-14-12-17/h15,18H,2-14H2,1H3. The molecule has 0 radical (unpaired) electrons. The Labute approximate surface area is 118 Å². The first kappa shape index (κ1) is 15.3. The van der Waals surface area contributed by atoms with Crippen LogP contribution in [-0.4, -0.2) is 48.0 Å². The summed E-state index contributed by atoms with van der Waals surface area (Å²) in [6.07, 6.45) is 10.8. The molecule has 0 aromatic carbocycles. The van der Waals surface area contributed by atoms with Gasteiger partial charge in [-0.25, -0.2) is 0 Å². The minimum Gasteiger partial charge on any atom is -0.391 e. The molecule has 1 saturated heterocycles. The monoisotopic (exact) mass is 269 g/mol. The van der Waals surface area contributed by atoms with E-state index in [-0.39, 0.29) is 11.6 Å². The van der Waals surface area contributed by atoms with Gasteiger partial charge in [0.25, 0.3) is 0 Å².